The number of rotatable bonds is 3. The fourth-order valence-corrected chi connectivity index (χ4v) is 2.88. The maximum absolute atomic E-state index is 13.2. The Morgan fingerprint density at radius 1 is 1.04 bits per heavy atom. The summed E-state index contributed by atoms with van der Waals surface area (Å²) in [6.45, 7) is 1.86. The van der Waals surface area contributed by atoms with Crippen LogP contribution in [0.4, 0.5) is 8.78 Å². The highest BCUT2D eigenvalue weighted by Gasteiger charge is 2.33. The number of aliphatic hydroxyl groups is 1. The van der Waals surface area contributed by atoms with E-state index in [0.717, 1.165) is 11.1 Å². The van der Waals surface area contributed by atoms with Gasteiger partial charge in [-0.05, 0) is 42.3 Å². The average Bonchev–Trinajstić information content (AvgIpc) is 2.58. The lowest BCUT2D eigenvalue weighted by atomic mass is 9.94. The molecule has 1 aliphatic heterocycles. The number of benzene rings is 2. The van der Waals surface area contributed by atoms with Crippen molar-refractivity contribution in [1.82, 2.24) is 4.90 Å². The Labute approximate surface area is 138 Å². The number of halogens is 2. The molecule has 1 N–H and O–H groups in total. The van der Waals surface area contributed by atoms with Gasteiger partial charge >= 0.3 is 0 Å². The van der Waals surface area contributed by atoms with Gasteiger partial charge in [0.1, 0.15) is 17.4 Å². The van der Waals surface area contributed by atoms with Crippen LogP contribution in [-0.4, -0.2) is 15.9 Å². The van der Waals surface area contributed by atoms with Gasteiger partial charge in [0.25, 0.3) is 5.91 Å². The Morgan fingerprint density at radius 2 is 1.58 bits per heavy atom. The number of hydrogen-bond donors (Lipinski definition) is 1. The first kappa shape index (κ1) is 16.2. The zero-order valence-corrected chi connectivity index (χ0v) is 13.2. The third-order valence-corrected chi connectivity index (χ3v) is 4.30. The van der Waals surface area contributed by atoms with Crippen LogP contribution < -0.4 is 0 Å². The van der Waals surface area contributed by atoms with Gasteiger partial charge in [0, 0.05) is 13.0 Å². The maximum atomic E-state index is 13.2. The summed E-state index contributed by atoms with van der Waals surface area (Å²) in [6, 6.07) is 11.4. The molecule has 0 bridgehead atoms. The van der Waals surface area contributed by atoms with Crippen LogP contribution in [0.25, 0.3) is 0 Å². The van der Waals surface area contributed by atoms with Crippen LogP contribution in [0, 0.1) is 11.6 Å². The number of nitrogens with zero attached hydrogens (tertiary/aromatic N) is 1. The minimum Gasteiger partial charge on any atom is -0.512 e. The number of amides is 1. The van der Waals surface area contributed by atoms with Gasteiger partial charge < -0.3 is 10.0 Å². The van der Waals surface area contributed by atoms with Gasteiger partial charge in [-0.25, -0.2) is 8.78 Å². The summed E-state index contributed by atoms with van der Waals surface area (Å²) < 4.78 is 26.3. The quantitative estimate of drug-likeness (QED) is 0.913. The molecule has 2 aromatic carbocycles. The molecule has 3 nitrogen and oxygen atoms in total. The molecule has 2 aromatic rings. The van der Waals surface area contributed by atoms with Crippen molar-refractivity contribution in [3.63, 3.8) is 0 Å². The largest absolute Gasteiger partial charge is 0.512 e. The lowest BCUT2D eigenvalue weighted by molar-refractivity contribution is -0.131. The van der Waals surface area contributed by atoms with E-state index in [2.05, 4.69) is 0 Å². The molecule has 24 heavy (non-hydrogen) atoms. The predicted molar refractivity (Wildman–Crippen MR) is 86.0 cm³/mol. The van der Waals surface area contributed by atoms with Gasteiger partial charge in [-0.2, -0.15) is 0 Å². The van der Waals surface area contributed by atoms with Gasteiger partial charge in [0.2, 0.25) is 0 Å². The third kappa shape index (κ3) is 3.15. The van der Waals surface area contributed by atoms with Crippen LogP contribution in [-0.2, 0) is 11.3 Å². The highest BCUT2D eigenvalue weighted by Crippen LogP contribution is 2.35. The van der Waals surface area contributed by atoms with Crippen LogP contribution in [0.1, 0.15) is 30.5 Å². The molecule has 0 saturated heterocycles. The average molecular weight is 329 g/mol. The highest BCUT2D eigenvalue weighted by molar-refractivity contribution is 5.94. The Morgan fingerprint density at radius 3 is 2.17 bits per heavy atom. The molecule has 1 aliphatic rings. The number of hydrogen-bond acceptors (Lipinski definition) is 2. The second kappa shape index (κ2) is 6.43. The van der Waals surface area contributed by atoms with Crippen molar-refractivity contribution in [2.24, 2.45) is 0 Å². The van der Waals surface area contributed by atoms with E-state index in [1.807, 2.05) is 0 Å². The molecule has 0 spiro atoms. The minimum absolute atomic E-state index is 0.0460. The molecule has 1 unspecified atom stereocenters. The van der Waals surface area contributed by atoms with Gasteiger partial charge in [-0.15, -0.1) is 0 Å². The third-order valence-electron chi connectivity index (χ3n) is 4.30. The minimum atomic E-state index is -0.396. The normalized spacial score (nSPS) is 18.2. The van der Waals surface area contributed by atoms with Crippen LogP contribution in [0.5, 0.6) is 0 Å². The van der Waals surface area contributed by atoms with Crippen molar-refractivity contribution in [2.75, 3.05) is 0 Å². The summed E-state index contributed by atoms with van der Waals surface area (Å²) >= 11 is 0. The summed E-state index contributed by atoms with van der Waals surface area (Å²) in [5, 5.41) is 10.1. The first-order chi connectivity index (χ1) is 11.5. The van der Waals surface area contributed by atoms with E-state index in [1.54, 1.807) is 36.1 Å². The van der Waals surface area contributed by atoms with E-state index in [0.29, 0.717) is 5.57 Å². The summed E-state index contributed by atoms with van der Waals surface area (Å²) in [5.74, 6) is -0.934. The van der Waals surface area contributed by atoms with Gasteiger partial charge in [-0.3, -0.25) is 4.79 Å². The molecule has 5 heteroatoms. The molecule has 124 valence electrons. The Balaban J connectivity index is 1.96. The van der Waals surface area contributed by atoms with Crippen molar-refractivity contribution in [2.45, 2.75) is 25.9 Å². The molecule has 0 saturated carbocycles. The van der Waals surface area contributed by atoms with E-state index in [4.69, 9.17) is 0 Å². The highest BCUT2D eigenvalue weighted by atomic mass is 19.1. The van der Waals surface area contributed by atoms with Crippen molar-refractivity contribution in [3.8, 4) is 0 Å². The van der Waals surface area contributed by atoms with Crippen LogP contribution >= 0.6 is 0 Å². The molecule has 0 aromatic heterocycles. The number of aliphatic hydroxyl groups excluding tert-OH is 1. The first-order valence-electron chi connectivity index (χ1n) is 7.65. The fourth-order valence-electron chi connectivity index (χ4n) is 2.88. The smallest absolute Gasteiger partial charge is 0.253 e. The second-order valence-electron chi connectivity index (χ2n) is 5.90. The number of carbonyl (C=O) groups is 1. The van der Waals surface area contributed by atoms with Crippen molar-refractivity contribution >= 4 is 5.91 Å². The van der Waals surface area contributed by atoms with E-state index >= 15 is 0 Å². The SMILES string of the molecule is CC1=C(O)CC(c2ccc(F)cc2)N(Cc2ccc(F)cc2)C1=O. The van der Waals surface area contributed by atoms with Gasteiger partial charge in [0.15, 0.2) is 0 Å². The zero-order valence-electron chi connectivity index (χ0n) is 13.2. The molecular formula is C19H17F2NO2. The second-order valence-corrected chi connectivity index (χ2v) is 5.90. The lowest BCUT2D eigenvalue weighted by Gasteiger charge is -2.36. The van der Waals surface area contributed by atoms with Gasteiger partial charge in [0.05, 0.1) is 11.6 Å². The van der Waals surface area contributed by atoms with E-state index in [9.17, 15) is 18.7 Å². The molecule has 0 fully saturated rings. The molecule has 0 aliphatic carbocycles. The summed E-state index contributed by atoms with van der Waals surface area (Å²) in [7, 11) is 0. The molecule has 1 amide bonds. The molecule has 1 heterocycles. The molecular weight excluding hydrogens is 312 g/mol. The van der Waals surface area contributed by atoms with E-state index in [1.165, 1.54) is 24.3 Å². The Kier molecular flexibility index (Phi) is 4.34. The van der Waals surface area contributed by atoms with Crippen molar-refractivity contribution in [1.29, 1.82) is 0 Å². The lowest BCUT2D eigenvalue weighted by Crippen LogP contribution is -2.39. The topological polar surface area (TPSA) is 40.5 Å². The molecule has 3 rings (SSSR count). The zero-order chi connectivity index (χ0) is 17.3. The predicted octanol–water partition coefficient (Wildman–Crippen LogP) is 4.27. The van der Waals surface area contributed by atoms with Crippen LogP contribution in [0.15, 0.2) is 59.9 Å². The van der Waals surface area contributed by atoms with E-state index in [-0.39, 0.29) is 36.3 Å². The summed E-state index contributed by atoms with van der Waals surface area (Å²) in [4.78, 5) is 14.2. The van der Waals surface area contributed by atoms with Crippen LogP contribution in [0.2, 0.25) is 0 Å². The molecule has 0 radical (unpaired) electrons. The van der Waals surface area contributed by atoms with Crippen molar-refractivity contribution in [3.05, 3.63) is 82.6 Å². The summed E-state index contributed by atoms with van der Waals surface area (Å²) in [5.41, 5.74) is 1.83. The van der Waals surface area contributed by atoms with E-state index < -0.39 is 6.04 Å². The Bertz CT molecular complexity index is 782. The maximum Gasteiger partial charge on any atom is 0.253 e. The summed E-state index contributed by atoms with van der Waals surface area (Å²) in [6.07, 6.45) is 0.268. The van der Waals surface area contributed by atoms with Gasteiger partial charge in [-0.1, -0.05) is 24.3 Å². The monoisotopic (exact) mass is 329 g/mol. The standard InChI is InChI=1S/C19H17F2NO2/c1-12-18(23)10-17(14-4-8-16(21)9-5-14)22(19(12)24)11-13-2-6-15(20)7-3-13/h2-9,17,23H,10-11H2,1H3. The Hall–Kier alpha value is -2.69. The van der Waals surface area contributed by atoms with Crippen molar-refractivity contribution < 1.29 is 18.7 Å². The fraction of sp³-hybridized carbons (Fsp3) is 0.211. The molecule has 1 atom stereocenters. The number of carbonyl (C=O) groups excluding carboxylic acids is 1. The van der Waals surface area contributed by atoms with Crippen LogP contribution in [0.3, 0.4) is 0 Å². The first-order valence-corrected chi connectivity index (χ1v) is 7.65.